The molecule has 0 aromatic heterocycles. The number of hydrogen-bond acceptors (Lipinski definition) is 3. The van der Waals surface area contributed by atoms with Crippen LogP contribution in [0.2, 0.25) is 0 Å². The van der Waals surface area contributed by atoms with Gasteiger partial charge in [-0.3, -0.25) is 4.79 Å². The van der Waals surface area contributed by atoms with E-state index in [1.165, 1.54) is 24.3 Å². The fourth-order valence-corrected chi connectivity index (χ4v) is 0.900. The molecule has 0 heterocycles. The van der Waals surface area contributed by atoms with Gasteiger partial charge in [-0.15, -0.1) is 0 Å². The Morgan fingerprint density at radius 1 is 1.25 bits per heavy atom. The summed E-state index contributed by atoms with van der Waals surface area (Å²) in [7, 11) is 0. The number of ether oxygens (including phenoxy) is 1. The molecular formula is C10H8F3NO2. The third-order valence-corrected chi connectivity index (χ3v) is 1.47. The second-order valence-electron chi connectivity index (χ2n) is 2.84. The highest BCUT2D eigenvalue weighted by Gasteiger charge is 2.39. The summed E-state index contributed by atoms with van der Waals surface area (Å²) in [5.74, 6) is -2.63. The Morgan fingerprint density at radius 2 is 1.81 bits per heavy atom. The molecule has 0 N–H and O–H groups in total. The molecule has 1 rings (SSSR count). The fraction of sp³-hybridized carbons (Fsp3) is 0.200. The van der Waals surface area contributed by atoms with Gasteiger partial charge in [-0.25, -0.2) is 4.99 Å². The Balaban J connectivity index is 3.02. The Morgan fingerprint density at radius 3 is 2.25 bits per heavy atom. The van der Waals surface area contributed by atoms with Gasteiger partial charge >= 0.3 is 18.0 Å². The molecule has 0 atom stereocenters. The first-order valence-electron chi connectivity index (χ1n) is 4.29. The van der Waals surface area contributed by atoms with Crippen LogP contribution in [0.25, 0.3) is 0 Å². The van der Waals surface area contributed by atoms with E-state index < -0.39 is 18.0 Å². The summed E-state index contributed by atoms with van der Waals surface area (Å²) < 4.78 is 41.1. The van der Waals surface area contributed by atoms with Crippen LogP contribution in [0.1, 0.15) is 6.92 Å². The van der Waals surface area contributed by atoms with Gasteiger partial charge in [0.25, 0.3) is 0 Å². The Hall–Kier alpha value is -1.85. The molecule has 16 heavy (non-hydrogen) atoms. The lowest BCUT2D eigenvalue weighted by Gasteiger charge is -2.08. The predicted octanol–water partition coefficient (Wildman–Crippen LogP) is 2.84. The summed E-state index contributed by atoms with van der Waals surface area (Å²) in [6.07, 6.45) is -4.79. The van der Waals surface area contributed by atoms with Gasteiger partial charge in [0.1, 0.15) is 0 Å². The first kappa shape index (κ1) is 12.2. The summed E-state index contributed by atoms with van der Waals surface area (Å²) in [6.45, 7) is 0.881. The number of aliphatic imine (C=N–C) groups is 1. The van der Waals surface area contributed by atoms with Gasteiger partial charge < -0.3 is 4.74 Å². The molecule has 3 nitrogen and oxygen atoms in total. The molecule has 0 saturated heterocycles. The third kappa shape index (κ3) is 3.72. The molecule has 0 unspecified atom stereocenters. The van der Waals surface area contributed by atoms with Gasteiger partial charge in [-0.1, -0.05) is 18.2 Å². The van der Waals surface area contributed by atoms with E-state index in [-0.39, 0.29) is 5.69 Å². The molecular weight excluding hydrogens is 223 g/mol. The van der Waals surface area contributed by atoms with E-state index in [2.05, 4.69) is 9.73 Å². The average Bonchev–Trinajstić information content (AvgIpc) is 2.16. The Kier molecular flexibility index (Phi) is 3.65. The maximum absolute atomic E-state index is 12.4. The van der Waals surface area contributed by atoms with Crippen molar-refractivity contribution in [3.8, 4) is 0 Å². The summed E-state index contributed by atoms with van der Waals surface area (Å²) in [5, 5.41) is 0. The molecule has 0 aliphatic heterocycles. The van der Waals surface area contributed by atoms with Crippen LogP contribution in [-0.2, 0) is 9.53 Å². The largest absolute Gasteiger partial charge is 0.469 e. The van der Waals surface area contributed by atoms with Crippen molar-refractivity contribution in [2.75, 3.05) is 0 Å². The van der Waals surface area contributed by atoms with E-state index in [9.17, 15) is 18.0 Å². The summed E-state index contributed by atoms with van der Waals surface area (Å²) in [6, 6.07) is 7.43. The predicted molar refractivity (Wildman–Crippen MR) is 51.4 cm³/mol. The zero-order valence-corrected chi connectivity index (χ0v) is 8.28. The highest BCUT2D eigenvalue weighted by Crippen LogP contribution is 2.22. The quantitative estimate of drug-likeness (QED) is 0.423. The Bertz CT molecular complexity index is 398. The highest BCUT2D eigenvalue weighted by atomic mass is 19.4. The normalized spacial score (nSPS) is 12.4. The second-order valence-corrected chi connectivity index (χ2v) is 2.84. The minimum Gasteiger partial charge on any atom is -0.402 e. The second kappa shape index (κ2) is 4.78. The summed E-state index contributed by atoms with van der Waals surface area (Å²) in [5.41, 5.74) is 0.0658. The van der Waals surface area contributed by atoms with Crippen LogP contribution in [-0.4, -0.2) is 18.0 Å². The number of alkyl halides is 3. The smallest absolute Gasteiger partial charge is 0.402 e. The van der Waals surface area contributed by atoms with Crippen molar-refractivity contribution in [3.05, 3.63) is 30.3 Å². The highest BCUT2D eigenvalue weighted by molar-refractivity contribution is 5.92. The monoisotopic (exact) mass is 231 g/mol. The van der Waals surface area contributed by atoms with Crippen LogP contribution in [0, 0.1) is 0 Å². The van der Waals surface area contributed by atoms with Gasteiger partial charge in [0, 0.05) is 6.92 Å². The lowest BCUT2D eigenvalue weighted by molar-refractivity contribution is -0.138. The molecule has 0 aliphatic carbocycles. The first-order chi connectivity index (χ1) is 7.39. The van der Waals surface area contributed by atoms with Gasteiger partial charge in [0.05, 0.1) is 5.69 Å². The van der Waals surface area contributed by atoms with Crippen LogP contribution in [0.5, 0.6) is 0 Å². The minimum absolute atomic E-state index is 0.0658. The molecule has 6 heteroatoms. The molecule has 0 aliphatic rings. The maximum Gasteiger partial charge on any atom is 0.469 e. The van der Waals surface area contributed by atoms with Gasteiger partial charge in [0.15, 0.2) is 0 Å². The number of carbonyl (C=O) groups excluding carboxylic acids is 1. The lowest BCUT2D eigenvalue weighted by atomic mass is 10.3. The number of hydrogen-bond donors (Lipinski definition) is 0. The number of halogens is 3. The molecule has 0 fully saturated rings. The number of para-hydroxylation sites is 1. The van der Waals surface area contributed by atoms with Crippen LogP contribution in [0.3, 0.4) is 0 Å². The Labute approximate surface area is 89.6 Å². The summed E-state index contributed by atoms with van der Waals surface area (Å²) in [4.78, 5) is 13.7. The van der Waals surface area contributed by atoms with Crippen molar-refractivity contribution in [3.63, 3.8) is 0 Å². The number of benzene rings is 1. The topological polar surface area (TPSA) is 38.7 Å². The van der Waals surface area contributed by atoms with Crippen molar-refractivity contribution in [1.82, 2.24) is 0 Å². The molecule has 1 aromatic rings. The molecule has 1 aromatic carbocycles. The number of nitrogens with zero attached hydrogens (tertiary/aromatic N) is 1. The average molecular weight is 231 g/mol. The molecule has 86 valence electrons. The van der Waals surface area contributed by atoms with E-state index in [4.69, 9.17) is 0 Å². The van der Waals surface area contributed by atoms with Crippen molar-refractivity contribution < 1.29 is 22.7 Å². The van der Waals surface area contributed by atoms with Crippen molar-refractivity contribution in [2.45, 2.75) is 13.1 Å². The van der Waals surface area contributed by atoms with E-state index in [1.807, 2.05) is 0 Å². The zero-order valence-electron chi connectivity index (χ0n) is 8.28. The van der Waals surface area contributed by atoms with Crippen molar-refractivity contribution in [2.24, 2.45) is 4.99 Å². The SMILES string of the molecule is CC(=O)OC(=Nc1ccccc1)C(F)(F)F. The van der Waals surface area contributed by atoms with Crippen LogP contribution in [0.4, 0.5) is 18.9 Å². The number of rotatable bonds is 1. The molecule has 0 amide bonds. The van der Waals surface area contributed by atoms with Gasteiger partial charge in [0.2, 0.25) is 0 Å². The van der Waals surface area contributed by atoms with Crippen LogP contribution < -0.4 is 0 Å². The molecule has 0 bridgehead atoms. The van der Waals surface area contributed by atoms with E-state index in [1.54, 1.807) is 6.07 Å². The lowest BCUT2D eigenvalue weighted by Crippen LogP contribution is -2.27. The standard InChI is InChI=1S/C10H8F3NO2/c1-7(15)16-9(10(11,12)13)14-8-5-3-2-4-6-8/h2-6H,1H3. The van der Waals surface area contributed by atoms with E-state index >= 15 is 0 Å². The summed E-state index contributed by atoms with van der Waals surface area (Å²) >= 11 is 0. The van der Waals surface area contributed by atoms with Crippen molar-refractivity contribution >= 4 is 17.6 Å². The molecule has 0 spiro atoms. The van der Waals surface area contributed by atoms with Crippen molar-refractivity contribution in [1.29, 1.82) is 0 Å². The molecule has 0 radical (unpaired) electrons. The van der Waals surface area contributed by atoms with Crippen LogP contribution in [0.15, 0.2) is 35.3 Å². The van der Waals surface area contributed by atoms with E-state index in [0.29, 0.717) is 0 Å². The number of esters is 1. The maximum atomic E-state index is 12.4. The fourth-order valence-electron chi connectivity index (χ4n) is 0.900. The zero-order chi connectivity index (χ0) is 12.2. The van der Waals surface area contributed by atoms with E-state index in [0.717, 1.165) is 6.92 Å². The van der Waals surface area contributed by atoms with Gasteiger partial charge in [-0.05, 0) is 12.1 Å². The first-order valence-corrected chi connectivity index (χ1v) is 4.29. The molecule has 0 saturated carbocycles. The number of carbonyl (C=O) groups is 1. The minimum atomic E-state index is -4.79. The van der Waals surface area contributed by atoms with Crippen LogP contribution >= 0.6 is 0 Å². The third-order valence-electron chi connectivity index (χ3n) is 1.47. The van der Waals surface area contributed by atoms with Gasteiger partial charge in [-0.2, -0.15) is 13.2 Å².